The summed E-state index contributed by atoms with van der Waals surface area (Å²) in [7, 11) is 0. The van der Waals surface area contributed by atoms with Crippen molar-refractivity contribution in [2.75, 3.05) is 19.6 Å². The minimum Gasteiger partial charge on any atom is -0.303 e. The van der Waals surface area contributed by atoms with Gasteiger partial charge in [-0.3, -0.25) is 0 Å². The van der Waals surface area contributed by atoms with Crippen LogP contribution in [-0.2, 0) is 11.8 Å². The van der Waals surface area contributed by atoms with Crippen molar-refractivity contribution in [2.24, 2.45) is 5.92 Å². The molecule has 0 saturated heterocycles. The molecular weight excluding hydrogens is 354 g/mol. The van der Waals surface area contributed by atoms with E-state index >= 15 is 0 Å². The Kier molecular flexibility index (Phi) is 8.14. The van der Waals surface area contributed by atoms with Crippen LogP contribution in [0.4, 0.5) is 8.78 Å². The fourth-order valence-electron chi connectivity index (χ4n) is 3.81. The Morgan fingerprint density at radius 2 is 1.64 bits per heavy atom. The van der Waals surface area contributed by atoms with Crippen molar-refractivity contribution in [2.45, 2.75) is 45.4 Å². The summed E-state index contributed by atoms with van der Waals surface area (Å²) in [5, 5.41) is 9.93. The Bertz CT molecular complexity index is 763. The number of rotatable bonds is 10. The number of nitriles is 1. The van der Waals surface area contributed by atoms with E-state index in [1.807, 2.05) is 32.0 Å². The molecule has 0 radical (unpaired) electrons. The first-order chi connectivity index (χ1) is 13.4. The molecule has 1 unspecified atom stereocenters. The lowest BCUT2D eigenvalue weighted by molar-refractivity contribution is 0.259. The summed E-state index contributed by atoms with van der Waals surface area (Å²) < 4.78 is 28.9. The van der Waals surface area contributed by atoms with Gasteiger partial charge < -0.3 is 4.90 Å². The Morgan fingerprint density at radius 3 is 2.18 bits per heavy atom. The normalized spacial score (nSPS) is 13.5. The molecule has 0 N–H and O–H groups in total. The van der Waals surface area contributed by atoms with Crippen molar-refractivity contribution in [3.63, 3.8) is 0 Å². The minimum atomic E-state index is -1.16. The zero-order valence-corrected chi connectivity index (χ0v) is 17.1. The molecule has 0 aromatic heterocycles. The molecule has 2 aromatic carbocycles. The van der Waals surface area contributed by atoms with Crippen LogP contribution in [0.25, 0.3) is 0 Å². The van der Waals surface area contributed by atoms with E-state index in [1.165, 1.54) is 23.8 Å². The standard InChI is InChI=1S/C24H30F2N2/c1-4-28(17-14-20-10-6-5-7-11-20)16-9-15-24(18-27,19(2)3)23-21(25)12-8-13-22(23)26/h5-8,10-13,19H,4,9,14-17H2,1-3H3. The molecule has 0 aliphatic heterocycles. The lowest BCUT2D eigenvalue weighted by atomic mass is 9.69. The third-order valence-electron chi connectivity index (χ3n) is 5.65. The molecule has 0 spiro atoms. The molecule has 2 aromatic rings. The van der Waals surface area contributed by atoms with Gasteiger partial charge in [0.2, 0.25) is 0 Å². The van der Waals surface area contributed by atoms with Crippen molar-refractivity contribution in [1.82, 2.24) is 4.90 Å². The highest BCUT2D eigenvalue weighted by Gasteiger charge is 2.40. The molecular formula is C24H30F2N2. The van der Waals surface area contributed by atoms with E-state index in [0.29, 0.717) is 12.8 Å². The van der Waals surface area contributed by atoms with E-state index in [-0.39, 0.29) is 11.5 Å². The number of hydrogen-bond acceptors (Lipinski definition) is 2. The van der Waals surface area contributed by atoms with E-state index in [4.69, 9.17) is 0 Å². The fraction of sp³-hybridized carbons (Fsp3) is 0.458. The molecule has 150 valence electrons. The first kappa shape index (κ1) is 22.0. The average molecular weight is 385 g/mol. The maximum Gasteiger partial charge on any atom is 0.130 e. The van der Waals surface area contributed by atoms with Gasteiger partial charge in [-0.2, -0.15) is 5.26 Å². The summed E-state index contributed by atoms with van der Waals surface area (Å²) in [5.74, 6) is -1.46. The van der Waals surface area contributed by atoms with Gasteiger partial charge in [0.05, 0.1) is 11.5 Å². The van der Waals surface area contributed by atoms with E-state index in [0.717, 1.165) is 26.1 Å². The molecule has 2 rings (SSSR count). The smallest absolute Gasteiger partial charge is 0.130 e. The Balaban J connectivity index is 2.06. The monoisotopic (exact) mass is 384 g/mol. The van der Waals surface area contributed by atoms with Crippen LogP contribution in [0.1, 0.15) is 44.7 Å². The van der Waals surface area contributed by atoms with Crippen molar-refractivity contribution in [1.29, 1.82) is 5.26 Å². The number of halogens is 2. The zero-order chi connectivity index (χ0) is 20.6. The highest BCUT2D eigenvalue weighted by Crippen LogP contribution is 2.39. The summed E-state index contributed by atoms with van der Waals surface area (Å²) in [6, 6.07) is 16.4. The second-order valence-electron chi connectivity index (χ2n) is 7.61. The van der Waals surface area contributed by atoms with Gasteiger partial charge in [0, 0.05) is 12.1 Å². The van der Waals surface area contributed by atoms with Gasteiger partial charge in [0.25, 0.3) is 0 Å². The Hall–Kier alpha value is -2.25. The molecule has 28 heavy (non-hydrogen) atoms. The highest BCUT2D eigenvalue weighted by atomic mass is 19.1. The van der Waals surface area contributed by atoms with Crippen LogP contribution in [0.15, 0.2) is 48.5 Å². The minimum absolute atomic E-state index is 0.0835. The highest BCUT2D eigenvalue weighted by molar-refractivity contribution is 5.36. The van der Waals surface area contributed by atoms with Crippen molar-refractivity contribution in [3.05, 3.63) is 71.3 Å². The molecule has 0 aliphatic carbocycles. The predicted octanol–water partition coefficient (Wildman–Crippen LogP) is 5.73. The average Bonchev–Trinajstić information content (AvgIpc) is 2.69. The van der Waals surface area contributed by atoms with Crippen LogP contribution in [0.2, 0.25) is 0 Å². The molecule has 0 aliphatic rings. The van der Waals surface area contributed by atoms with Crippen LogP contribution >= 0.6 is 0 Å². The first-order valence-electron chi connectivity index (χ1n) is 10.1. The van der Waals surface area contributed by atoms with E-state index < -0.39 is 17.0 Å². The maximum absolute atomic E-state index is 14.5. The van der Waals surface area contributed by atoms with Gasteiger partial charge >= 0.3 is 0 Å². The number of hydrogen-bond donors (Lipinski definition) is 0. The summed E-state index contributed by atoms with van der Waals surface area (Å²) >= 11 is 0. The van der Waals surface area contributed by atoms with E-state index in [9.17, 15) is 14.0 Å². The van der Waals surface area contributed by atoms with Crippen LogP contribution in [0.5, 0.6) is 0 Å². The lowest BCUT2D eigenvalue weighted by Crippen LogP contribution is -2.35. The van der Waals surface area contributed by atoms with Crippen LogP contribution in [0, 0.1) is 28.9 Å². The predicted molar refractivity (Wildman–Crippen MR) is 110 cm³/mol. The van der Waals surface area contributed by atoms with Crippen molar-refractivity contribution >= 4 is 0 Å². The second kappa shape index (κ2) is 10.3. The Morgan fingerprint density at radius 1 is 1.00 bits per heavy atom. The largest absolute Gasteiger partial charge is 0.303 e. The molecule has 0 fully saturated rings. The fourth-order valence-corrected chi connectivity index (χ4v) is 3.81. The van der Waals surface area contributed by atoms with Gasteiger partial charge in [0.1, 0.15) is 11.6 Å². The molecule has 0 heterocycles. The zero-order valence-electron chi connectivity index (χ0n) is 17.1. The summed E-state index contributed by atoms with van der Waals surface area (Å²) in [5.41, 5.74) is 0.0524. The topological polar surface area (TPSA) is 27.0 Å². The second-order valence-corrected chi connectivity index (χ2v) is 7.61. The third kappa shape index (κ3) is 5.17. The van der Waals surface area contributed by atoms with Gasteiger partial charge in [-0.15, -0.1) is 0 Å². The molecule has 0 amide bonds. The molecule has 0 saturated carbocycles. The molecule has 4 heteroatoms. The van der Waals surface area contributed by atoms with Gasteiger partial charge in [0.15, 0.2) is 0 Å². The third-order valence-corrected chi connectivity index (χ3v) is 5.65. The summed E-state index contributed by atoms with van der Waals surface area (Å²) in [6.45, 7) is 8.47. The lowest BCUT2D eigenvalue weighted by Gasteiger charge is -2.33. The number of nitrogens with zero attached hydrogens (tertiary/aromatic N) is 2. The van der Waals surface area contributed by atoms with Crippen LogP contribution < -0.4 is 0 Å². The molecule has 2 nitrogen and oxygen atoms in total. The summed E-state index contributed by atoms with van der Waals surface area (Å²) in [4.78, 5) is 2.33. The maximum atomic E-state index is 14.5. The SMILES string of the molecule is CCN(CCCC(C#N)(c1c(F)cccc1F)C(C)C)CCc1ccccc1. The van der Waals surface area contributed by atoms with Crippen LogP contribution in [-0.4, -0.2) is 24.5 Å². The van der Waals surface area contributed by atoms with Crippen LogP contribution in [0.3, 0.4) is 0 Å². The van der Waals surface area contributed by atoms with Crippen molar-refractivity contribution in [3.8, 4) is 6.07 Å². The molecule has 0 bridgehead atoms. The molecule has 1 atom stereocenters. The summed E-state index contributed by atoms with van der Waals surface area (Å²) in [6.07, 6.45) is 2.10. The number of benzene rings is 2. The van der Waals surface area contributed by atoms with Gasteiger partial charge in [-0.25, -0.2) is 8.78 Å². The van der Waals surface area contributed by atoms with E-state index in [1.54, 1.807) is 0 Å². The van der Waals surface area contributed by atoms with Gasteiger partial charge in [-0.1, -0.05) is 57.2 Å². The first-order valence-corrected chi connectivity index (χ1v) is 10.1. The van der Waals surface area contributed by atoms with E-state index in [2.05, 4.69) is 30.0 Å². The Labute approximate surface area is 167 Å². The number of likely N-dealkylation sites (N-methyl/N-ethyl adjacent to an activating group) is 1. The van der Waals surface area contributed by atoms with Crippen molar-refractivity contribution < 1.29 is 8.78 Å². The van der Waals surface area contributed by atoms with Gasteiger partial charge in [-0.05, 0) is 56.0 Å². The quantitative estimate of drug-likeness (QED) is 0.523.